The summed E-state index contributed by atoms with van der Waals surface area (Å²) in [5.41, 5.74) is 2.31. The molecule has 0 bridgehead atoms. The molecule has 2 aromatic rings. The smallest absolute Gasteiger partial charge is 0.284 e. The molecule has 2 nitrogen and oxygen atoms in total. The number of anilines is 1. The number of benzene rings is 1. The Morgan fingerprint density at radius 2 is 1.80 bits per heavy atom. The van der Waals surface area contributed by atoms with E-state index in [4.69, 9.17) is 4.42 Å². The fraction of sp³-hybridized carbons (Fsp3) is 0.333. The summed E-state index contributed by atoms with van der Waals surface area (Å²) in [6, 6.07) is 11.8. The van der Waals surface area contributed by atoms with Gasteiger partial charge in [-0.2, -0.15) is 8.78 Å². The number of thioether (sulfide) groups is 1. The zero-order valence-electron chi connectivity index (χ0n) is 11.2. The molecule has 0 unspecified atom stereocenters. The van der Waals surface area contributed by atoms with Crippen LogP contribution in [0.4, 0.5) is 14.5 Å². The van der Waals surface area contributed by atoms with Gasteiger partial charge in [0.05, 0.1) is 12.3 Å². The van der Waals surface area contributed by atoms with Crippen molar-refractivity contribution in [3.8, 4) is 0 Å². The molecule has 108 valence electrons. The number of furan rings is 1. The summed E-state index contributed by atoms with van der Waals surface area (Å²) in [7, 11) is 0. The average Bonchev–Trinajstić information content (AvgIpc) is 2.91. The number of halogens is 2. The van der Waals surface area contributed by atoms with Crippen molar-refractivity contribution in [3.63, 3.8) is 0 Å². The van der Waals surface area contributed by atoms with Crippen LogP contribution in [0.5, 0.6) is 0 Å². The lowest BCUT2D eigenvalue weighted by Crippen LogP contribution is -1.98. The Labute approximate surface area is 121 Å². The van der Waals surface area contributed by atoms with Gasteiger partial charge >= 0.3 is 0 Å². The van der Waals surface area contributed by atoms with E-state index < -0.39 is 5.76 Å². The first-order valence-corrected chi connectivity index (χ1v) is 7.52. The van der Waals surface area contributed by atoms with Crippen LogP contribution < -0.4 is 5.32 Å². The molecule has 20 heavy (non-hydrogen) atoms. The van der Waals surface area contributed by atoms with Crippen molar-refractivity contribution < 1.29 is 13.2 Å². The Bertz CT molecular complexity index is 525. The lowest BCUT2D eigenvalue weighted by Gasteiger charge is -2.05. The van der Waals surface area contributed by atoms with Gasteiger partial charge in [-0.3, -0.25) is 0 Å². The van der Waals surface area contributed by atoms with Gasteiger partial charge in [0.2, 0.25) is 0 Å². The number of rotatable bonds is 7. The SMILES string of the molecule is CCc1ccc(NCc2ccc(CSC(F)F)o2)cc1. The van der Waals surface area contributed by atoms with E-state index in [2.05, 4.69) is 24.4 Å². The molecule has 0 spiro atoms. The van der Waals surface area contributed by atoms with Crippen LogP contribution >= 0.6 is 11.8 Å². The Hall–Kier alpha value is -1.49. The number of alkyl halides is 2. The van der Waals surface area contributed by atoms with Crippen LogP contribution in [-0.2, 0) is 18.7 Å². The summed E-state index contributed by atoms with van der Waals surface area (Å²) in [5, 5.41) is 3.24. The summed E-state index contributed by atoms with van der Waals surface area (Å²) >= 11 is 0.569. The van der Waals surface area contributed by atoms with Crippen molar-refractivity contribution in [1.29, 1.82) is 0 Å². The van der Waals surface area contributed by atoms with Crippen LogP contribution in [-0.4, -0.2) is 5.76 Å². The monoisotopic (exact) mass is 297 g/mol. The van der Waals surface area contributed by atoms with Gasteiger partial charge in [-0.25, -0.2) is 0 Å². The van der Waals surface area contributed by atoms with E-state index >= 15 is 0 Å². The second-order valence-electron chi connectivity index (χ2n) is 4.34. The topological polar surface area (TPSA) is 25.2 Å². The Kier molecular flexibility index (Phi) is 5.47. The van der Waals surface area contributed by atoms with E-state index in [1.54, 1.807) is 6.07 Å². The van der Waals surface area contributed by atoms with Gasteiger partial charge in [0, 0.05) is 5.69 Å². The minimum absolute atomic E-state index is 0.197. The molecular formula is C15H17F2NOS. The van der Waals surface area contributed by atoms with Crippen LogP contribution in [0.25, 0.3) is 0 Å². The van der Waals surface area contributed by atoms with Crippen molar-refractivity contribution in [3.05, 3.63) is 53.5 Å². The second kappa shape index (κ2) is 7.33. The van der Waals surface area contributed by atoms with Gasteiger partial charge < -0.3 is 9.73 Å². The summed E-state index contributed by atoms with van der Waals surface area (Å²) in [6.07, 6.45) is 1.02. The highest BCUT2D eigenvalue weighted by atomic mass is 32.2. The third kappa shape index (κ3) is 4.56. The fourth-order valence-corrected chi connectivity index (χ4v) is 2.23. The highest BCUT2D eigenvalue weighted by Gasteiger charge is 2.07. The molecule has 0 amide bonds. The summed E-state index contributed by atoms with van der Waals surface area (Å²) in [4.78, 5) is 0. The van der Waals surface area contributed by atoms with Gasteiger partial charge in [-0.1, -0.05) is 30.8 Å². The Balaban J connectivity index is 1.84. The minimum atomic E-state index is -2.36. The number of hydrogen-bond donors (Lipinski definition) is 1. The van der Waals surface area contributed by atoms with Gasteiger partial charge in [-0.05, 0) is 36.2 Å². The predicted molar refractivity (Wildman–Crippen MR) is 79.2 cm³/mol. The third-order valence-corrected chi connectivity index (χ3v) is 3.60. The standard InChI is InChI=1S/C15H17F2NOS/c1-2-11-3-5-12(6-4-11)18-9-13-7-8-14(19-13)10-20-15(16)17/h3-8,15,18H,2,9-10H2,1H3. The lowest BCUT2D eigenvalue weighted by atomic mass is 10.1. The molecule has 0 aliphatic rings. The Morgan fingerprint density at radius 1 is 1.10 bits per heavy atom. The second-order valence-corrected chi connectivity index (χ2v) is 5.32. The predicted octanol–water partition coefficient (Wildman–Crippen LogP) is 4.91. The maximum atomic E-state index is 12.1. The van der Waals surface area contributed by atoms with Gasteiger partial charge in [0.1, 0.15) is 11.5 Å². The summed E-state index contributed by atoms with van der Waals surface area (Å²) in [6.45, 7) is 2.66. The maximum Gasteiger partial charge on any atom is 0.284 e. The summed E-state index contributed by atoms with van der Waals surface area (Å²) < 4.78 is 29.6. The van der Waals surface area contributed by atoms with E-state index in [0.717, 1.165) is 17.9 Å². The molecule has 1 heterocycles. The molecule has 1 aromatic carbocycles. The molecule has 1 N–H and O–H groups in total. The normalized spacial score (nSPS) is 11.0. The molecule has 0 saturated carbocycles. The lowest BCUT2D eigenvalue weighted by molar-refractivity contribution is 0.251. The molecule has 0 fully saturated rings. The minimum Gasteiger partial charge on any atom is -0.463 e. The highest BCUT2D eigenvalue weighted by molar-refractivity contribution is 7.98. The average molecular weight is 297 g/mol. The first-order valence-electron chi connectivity index (χ1n) is 6.47. The van der Waals surface area contributed by atoms with Gasteiger partial charge in [0.25, 0.3) is 5.76 Å². The van der Waals surface area contributed by atoms with E-state index in [-0.39, 0.29) is 5.75 Å². The van der Waals surface area contributed by atoms with E-state index in [1.807, 2.05) is 18.2 Å². The Morgan fingerprint density at radius 3 is 2.45 bits per heavy atom. The third-order valence-electron chi connectivity index (χ3n) is 2.90. The molecule has 2 rings (SSSR count). The van der Waals surface area contributed by atoms with Crippen LogP contribution in [0.1, 0.15) is 24.0 Å². The highest BCUT2D eigenvalue weighted by Crippen LogP contribution is 2.21. The van der Waals surface area contributed by atoms with E-state index in [1.165, 1.54) is 5.56 Å². The number of hydrogen-bond acceptors (Lipinski definition) is 3. The fourth-order valence-electron chi connectivity index (χ4n) is 1.79. The molecule has 0 radical (unpaired) electrons. The van der Waals surface area contributed by atoms with Crippen molar-refractivity contribution >= 4 is 17.4 Å². The van der Waals surface area contributed by atoms with Crippen molar-refractivity contribution in [2.75, 3.05) is 5.32 Å². The van der Waals surface area contributed by atoms with Crippen LogP contribution in [0.15, 0.2) is 40.8 Å². The van der Waals surface area contributed by atoms with Gasteiger partial charge in [-0.15, -0.1) is 0 Å². The van der Waals surface area contributed by atoms with Crippen LogP contribution in [0.2, 0.25) is 0 Å². The zero-order valence-corrected chi connectivity index (χ0v) is 12.1. The first kappa shape index (κ1) is 14.9. The first-order chi connectivity index (χ1) is 9.67. The molecule has 5 heteroatoms. The maximum absolute atomic E-state index is 12.1. The molecule has 1 aromatic heterocycles. The van der Waals surface area contributed by atoms with Crippen LogP contribution in [0, 0.1) is 0 Å². The van der Waals surface area contributed by atoms with E-state index in [9.17, 15) is 8.78 Å². The van der Waals surface area contributed by atoms with Crippen molar-refractivity contribution in [1.82, 2.24) is 0 Å². The molecular weight excluding hydrogens is 280 g/mol. The molecule has 0 atom stereocenters. The van der Waals surface area contributed by atoms with Gasteiger partial charge in [0.15, 0.2) is 0 Å². The van der Waals surface area contributed by atoms with Crippen molar-refractivity contribution in [2.24, 2.45) is 0 Å². The number of nitrogens with one attached hydrogen (secondary N) is 1. The largest absolute Gasteiger partial charge is 0.463 e. The number of aryl methyl sites for hydroxylation is 1. The van der Waals surface area contributed by atoms with E-state index in [0.29, 0.717) is 24.1 Å². The quantitative estimate of drug-likeness (QED) is 0.786. The summed E-state index contributed by atoms with van der Waals surface area (Å²) in [5.74, 6) is -0.843. The molecule has 0 aliphatic heterocycles. The van der Waals surface area contributed by atoms with Crippen LogP contribution in [0.3, 0.4) is 0 Å². The zero-order chi connectivity index (χ0) is 14.4. The molecule has 0 saturated heterocycles. The molecule has 0 aliphatic carbocycles. The van der Waals surface area contributed by atoms with Crippen molar-refractivity contribution in [2.45, 2.75) is 31.4 Å².